The van der Waals surface area contributed by atoms with E-state index in [9.17, 15) is 13.6 Å². The van der Waals surface area contributed by atoms with E-state index in [4.69, 9.17) is 9.72 Å². The van der Waals surface area contributed by atoms with Crippen LogP contribution < -0.4 is 10.2 Å². The average molecular weight is 557 g/mol. The zero-order valence-corrected chi connectivity index (χ0v) is 23.4. The second-order valence-corrected chi connectivity index (χ2v) is 10.2. The summed E-state index contributed by atoms with van der Waals surface area (Å²) in [4.78, 5) is 33.3. The molecule has 0 radical (unpaired) electrons. The first-order valence-corrected chi connectivity index (χ1v) is 14.2. The molecule has 2 saturated heterocycles. The number of ether oxygens (including phenoxy) is 1. The number of alkyl halides is 2. The van der Waals surface area contributed by atoms with Crippen LogP contribution in [0, 0.1) is 0 Å². The van der Waals surface area contributed by atoms with Gasteiger partial charge in [0.25, 0.3) is 6.43 Å². The van der Waals surface area contributed by atoms with Crippen LogP contribution >= 0.6 is 0 Å². The van der Waals surface area contributed by atoms with E-state index in [1.807, 2.05) is 9.80 Å². The molecule has 0 bridgehead atoms. The Hall–Kier alpha value is -3.38. The number of morpholine rings is 1. The number of hydrogen-bond acceptors (Lipinski definition) is 8. The molecule has 0 aliphatic carbocycles. The van der Waals surface area contributed by atoms with Crippen LogP contribution in [0.3, 0.4) is 0 Å². The number of carbonyl (C=O) groups is 1. The van der Waals surface area contributed by atoms with Gasteiger partial charge >= 0.3 is 0 Å². The quantitative estimate of drug-likeness (QED) is 0.427. The molecule has 0 spiro atoms. The van der Waals surface area contributed by atoms with Crippen molar-refractivity contribution in [3.05, 3.63) is 36.2 Å². The Morgan fingerprint density at radius 1 is 1.05 bits per heavy atom. The van der Waals surface area contributed by atoms with Crippen LogP contribution in [0.2, 0.25) is 0 Å². The predicted octanol–water partition coefficient (Wildman–Crippen LogP) is 3.72. The van der Waals surface area contributed by atoms with Crippen molar-refractivity contribution in [3.8, 4) is 5.82 Å². The molecule has 10 nitrogen and oxygen atoms in total. The fourth-order valence-corrected chi connectivity index (χ4v) is 5.71. The van der Waals surface area contributed by atoms with Gasteiger partial charge in [-0.25, -0.2) is 13.8 Å². The van der Waals surface area contributed by atoms with Crippen LogP contribution in [0.15, 0.2) is 30.3 Å². The number of nitrogens with one attached hydrogen (secondary N) is 1. The number of rotatable bonds is 9. The van der Waals surface area contributed by atoms with Gasteiger partial charge in [0.2, 0.25) is 11.9 Å². The smallest absolute Gasteiger partial charge is 0.296 e. The average Bonchev–Trinajstić information content (AvgIpc) is 3.38. The molecule has 2 fully saturated rings. The zero-order chi connectivity index (χ0) is 28.2. The highest BCUT2D eigenvalue weighted by Crippen LogP contribution is 2.29. The van der Waals surface area contributed by atoms with Crippen molar-refractivity contribution in [2.24, 2.45) is 0 Å². The lowest BCUT2D eigenvalue weighted by molar-refractivity contribution is -0.133. The molecular weight excluding hydrogens is 518 g/mol. The normalized spacial score (nSPS) is 17.7. The molecule has 2 aliphatic rings. The van der Waals surface area contributed by atoms with Gasteiger partial charge in [-0.05, 0) is 45.0 Å². The predicted molar refractivity (Wildman–Crippen MR) is 150 cm³/mol. The Morgan fingerprint density at radius 2 is 1.73 bits per heavy atom. The Balaban J connectivity index is 1.42. The van der Waals surface area contributed by atoms with E-state index in [1.165, 1.54) is 4.57 Å². The van der Waals surface area contributed by atoms with Crippen molar-refractivity contribution in [1.29, 1.82) is 0 Å². The Bertz CT molecular complexity index is 1300. The fraction of sp³-hybridized carbons (Fsp3) is 0.571. The first-order valence-electron chi connectivity index (χ1n) is 14.2. The summed E-state index contributed by atoms with van der Waals surface area (Å²) in [5.74, 6) is 0.632. The minimum atomic E-state index is -2.80. The fourth-order valence-electron chi connectivity index (χ4n) is 5.71. The number of hydrogen-bond donors (Lipinski definition) is 1. The molecule has 4 heterocycles. The number of aromatic nitrogens is 4. The van der Waals surface area contributed by atoms with Gasteiger partial charge in [0, 0.05) is 38.3 Å². The van der Waals surface area contributed by atoms with E-state index in [0.717, 1.165) is 25.9 Å². The molecule has 0 unspecified atom stereocenters. The molecule has 3 aromatic rings. The Kier molecular flexibility index (Phi) is 8.75. The summed E-state index contributed by atoms with van der Waals surface area (Å²) in [6.07, 6.45) is -0.917. The maximum absolute atomic E-state index is 14.1. The number of halogens is 2. The van der Waals surface area contributed by atoms with E-state index in [1.54, 1.807) is 37.3 Å². The highest BCUT2D eigenvalue weighted by Gasteiger charge is 2.29. The number of carbonyl (C=O) groups excluding carboxylic acids is 1. The summed E-state index contributed by atoms with van der Waals surface area (Å²) < 4.78 is 35.1. The number of anilines is 2. The molecule has 1 N–H and O–H groups in total. The second kappa shape index (κ2) is 12.4. The van der Waals surface area contributed by atoms with Crippen molar-refractivity contribution >= 4 is 28.7 Å². The zero-order valence-electron chi connectivity index (χ0n) is 23.4. The van der Waals surface area contributed by atoms with Gasteiger partial charge in [-0.3, -0.25) is 9.36 Å². The number of para-hydroxylation sites is 2. The summed E-state index contributed by atoms with van der Waals surface area (Å²) in [6, 6.07) is 8.58. The summed E-state index contributed by atoms with van der Waals surface area (Å²) >= 11 is 0. The minimum absolute atomic E-state index is 0.0266. The third kappa shape index (κ3) is 5.87. The van der Waals surface area contributed by atoms with Crippen LogP contribution in [0.4, 0.5) is 20.5 Å². The number of imidazole rings is 1. The third-order valence-corrected chi connectivity index (χ3v) is 7.87. The van der Waals surface area contributed by atoms with Crippen LogP contribution in [0.5, 0.6) is 0 Å². The number of fused-ring (bicyclic) bond motifs is 1. The maximum Gasteiger partial charge on any atom is 0.296 e. The van der Waals surface area contributed by atoms with E-state index < -0.39 is 12.5 Å². The van der Waals surface area contributed by atoms with Gasteiger partial charge < -0.3 is 24.8 Å². The lowest BCUT2D eigenvalue weighted by Crippen LogP contribution is -2.50. The molecule has 40 heavy (non-hydrogen) atoms. The number of piperidine rings is 1. The standard InChI is InChI=1S/C28H38F2N8O2/c1-4-35(5-2)20-10-12-37(13-11-20)27(39)19(3)31-28-33-23(36-14-16-40-17-15-36)18-24(34-28)38-22-9-7-6-8-21(22)32-26(38)25(29)30/h6-9,18-20,25H,4-5,10-17H2,1-3H3,(H,31,33,34)/t19-/m0/s1. The van der Waals surface area contributed by atoms with Gasteiger partial charge in [0.05, 0.1) is 24.2 Å². The molecule has 2 aromatic heterocycles. The first kappa shape index (κ1) is 28.2. The molecule has 216 valence electrons. The minimum Gasteiger partial charge on any atom is -0.378 e. The summed E-state index contributed by atoms with van der Waals surface area (Å²) in [5, 5.41) is 3.17. The molecule has 1 amide bonds. The van der Waals surface area contributed by atoms with Gasteiger partial charge in [-0.15, -0.1) is 0 Å². The van der Waals surface area contributed by atoms with Gasteiger partial charge in [-0.1, -0.05) is 26.0 Å². The van der Waals surface area contributed by atoms with Crippen molar-refractivity contribution in [2.75, 3.05) is 62.7 Å². The van der Waals surface area contributed by atoms with Crippen LogP contribution in [-0.2, 0) is 9.53 Å². The van der Waals surface area contributed by atoms with Gasteiger partial charge in [0.1, 0.15) is 17.7 Å². The molecule has 0 saturated carbocycles. The summed E-state index contributed by atoms with van der Waals surface area (Å²) in [6.45, 7) is 11.8. The Labute approximate surface area is 233 Å². The highest BCUT2D eigenvalue weighted by molar-refractivity contribution is 5.84. The van der Waals surface area contributed by atoms with Gasteiger partial charge in [0.15, 0.2) is 5.82 Å². The van der Waals surface area contributed by atoms with Crippen molar-refractivity contribution in [3.63, 3.8) is 0 Å². The SMILES string of the molecule is CCN(CC)C1CCN(C(=O)[C@H](C)Nc2nc(N3CCOCC3)cc(-n3c(C(F)F)nc4ccccc43)n2)CC1. The molecular formula is C28H38F2N8O2. The first-order chi connectivity index (χ1) is 19.4. The molecule has 12 heteroatoms. The maximum atomic E-state index is 14.1. The van der Waals surface area contributed by atoms with E-state index in [2.05, 4.69) is 34.0 Å². The van der Waals surface area contributed by atoms with Crippen molar-refractivity contribution < 1.29 is 18.3 Å². The number of likely N-dealkylation sites (tertiary alicyclic amines) is 1. The van der Waals surface area contributed by atoms with E-state index in [0.29, 0.717) is 62.3 Å². The molecule has 1 atom stereocenters. The molecule has 1 aromatic carbocycles. The Morgan fingerprint density at radius 3 is 2.40 bits per heavy atom. The van der Waals surface area contributed by atoms with Crippen molar-refractivity contribution in [2.45, 2.75) is 52.1 Å². The summed E-state index contributed by atoms with van der Waals surface area (Å²) in [7, 11) is 0. The van der Waals surface area contributed by atoms with Crippen LogP contribution in [0.25, 0.3) is 16.9 Å². The van der Waals surface area contributed by atoms with Crippen molar-refractivity contribution in [1.82, 2.24) is 29.3 Å². The lowest BCUT2D eigenvalue weighted by atomic mass is 10.0. The number of benzene rings is 1. The monoisotopic (exact) mass is 556 g/mol. The number of amides is 1. The second-order valence-electron chi connectivity index (χ2n) is 10.2. The topological polar surface area (TPSA) is 91.7 Å². The lowest BCUT2D eigenvalue weighted by Gasteiger charge is -2.38. The highest BCUT2D eigenvalue weighted by atomic mass is 19.3. The van der Waals surface area contributed by atoms with E-state index >= 15 is 0 Å². The molecule has 5 rings (SSSR count). The van der Waals surface area contributed by atoms with E-state index in [-0.39, 0.29) is 23.5 Å². The largest absolute Gasteiger partial charge is 0.378 e. The summed E-state index contributed by atoms with van der Waals surface area (Å²) in [5.41, 5.74) is 0.978. The van der Waals surface area contributed by atoms with Crippen LogP contribution in [0.1, 0.15) is 45.9 Å². The molecule has 2 aliphatic heterocycles. The number of nitrogens with zero attached hydrogens (tertiary/aromatic N) is 7. The van der Waals surface area contributed by atoms with Crippen LogP contribution in [-0.4, -0.2) is 99.8 Å². The van der Waals surface area contributed by atoms with Gasteiger partial charge in [-0.2, -0.15) is 9.97 Å². The third-order valence-electron chi connectivity index (χ3n) is 7.87.